The van der Waals surface area contributed by atoms with Crippen LogP contribution in [0.5, 0.6) is 0 Å². The Labute approximate surface area is 228 Å². The van der Waals surface area contributed by atoms with Gasteiger partial charge in [0.25, 0.3) is 0 Å². The molecule has 1 fully saturated rings. The van der Waals surface area contributed by atoms with Gasteiger partial charge in [-0.3, -0.25) is 9.09 Å². The van der Waals surface area contributed by atoms with Gasteiger partial charge in [0.2, 0.25) is 0 Å². The van der Waals surface area contributed by atoms with E-state index in [0.29, 0.717) is 23.6 Å². The van der Waals surface area contributed by atoms with Gasteiger partial charge in [-0.2, -0.15) is 8.78 Å². The Bertz CT molecular complexity index is 1550. The normalized spacial score (nSPS) is 20.5. The van der Waals surface area contributed by atoms with E-state index < -0.39 is 24.9 Å². The number of alkyl halides is 2. The lowest BCUT2D eigenvalue weighted by atomic mass is 10.1. The average molecular weight is 609 g/mol. The highest BCUT2D eigenvalue weighted by atomic mass is 79.9. The number of nitrogens with zero attached hydrogens (tertiary/aromatic N) is 1. The molecule has 5 rings (SSSR count). The van der Waals surface area contributed by atoms with Crippen molar-refractivity contribution in [2.24, 2.45) is 0 Å². The molecule has 9 heteroatoms. The fourth-order valence-corrected chi connectivity index (χ4v) is 7.71. The van der Waals surface area contributed by atoms with E-state index in [2.05, 4.69) is 53.4 Å². The fraction of sp³-hybridized carbons (Fsp3) is 0.286. The molecule has 1 aromatic heterocycles. The van der Waals surface area contributed by atoms with Crippen LogP contribution in [-0.4, -0.2) is 11.2 Å². The van der Waals surface area contributed by atoms with Crippen LogP contribution in [0.25, 0.3) is 10.9 Å². The van der Waals surface area contributed by atoms with E-state index in [-0.39, 0.29) is 11.1 Å². The van der Waals surface area contributed by atoms with Crippen molar-refractivity contribution >= 4 is 46.0 Å². The molecule has 194 valence electrons. The van der Waals surface area contributed by atoms with Gasteiger partial charge in [0.15, 0.2) is 0 Å². The number of rotatable bonds is 5. The van der Waals surface area contributed by atoms with Gasteiger partial charge < -0.3 is 9.09 Å². The summed E-state index contributed by atoms with van der Waals surface area (Å²) in [7, 11) is -4.84. The highest BCUT2D eigenvalue weighted by Gasteiger charge is 2.58. The fourth-order valence-electron chi connectivity index (χ4n) is 4.93. The van der Waals surface area contributed by atoms with E-state index in [4.69, 9.17) is 20.6 Å². The standard InChI is InChI=1S/C28H26BrClF2NO3P/c1-17-6-4-9-23-18(2)19(3)33(27(17)23)16-20-10-11-24(25(29)14-20)28(31,32)37(34)35-13-12-26(36-37)21-7-5-8-22(30)15-21/h4-11,14-15,26H,12-13,16H2,1-3H3/t26-,37?/m1/s1. The van der Waals surface area contributed by atoms with Crippen LogP contribution in [-0.2, 0) is 25.8 Å². The molecule has 37 heavy (non-hydrogen) atoms. The van der Waals surface area contributed by atoms with E-state index in [9.17, 15) is 4.57 Å². The molecule has 4 nitrogen and oxygen atoms in total. The number of aromatic nitrogens is 1. The highest BCUT2D eigenvalue weighted by Crippen LogP contribution is 2.71. The van der Waals surface area contributed by atoms with Crippen molar-refractivity contribution in [1.29, 1.82) is 0 Å². The van der Waals surface area contributed by atoms with Crippen molar-refractivity contribution in [2.45, 2.75) is 45.5 Å². The van der Waals surface area contributed by atoms with E-state index in [1.807, 2.05) is 6.07 Å². The highest BCUT2D eigenvalue weighted by molar-refractivity contribution is 9.10. The smallest absolute Gasteiger partial charge is 0.340 e. The van der Waals surface area contributed by atoms with Crippen LogP contribution in [0.4, 0.5) is 8.78 Å². The molecule has 1 saturated heterocycles. The predicted octanol–water partition coefficient (Wildman–Crippen LogP) is 9.45. The molecule has 0 aliphatic carbocycles. The molecule has 1 aliphatic heterocycles. The zero-order chi connectivity index (χ0) is 26.5. The summed E-state index contributed by atoms with van der Waals surface area (Å²) in [5.74, 6) is 0. The number of hydrogen-bond donors (Lipinski definition) is 0. The molecule has 1 aliphatic rings. The SMILES string of the molecule is Cc1c(C)n(Cc2ccc(C(F)(F)P3(=O)OCC[C@H](c4cccc(Cl)c4)O3)c(Br)c2)c2c(C)cccc12. The van der Waals surface area contributed by atoms with Crippen LogP contribution >= 0.6 is 35.1 Å². The summed E-state index contributed by atoms with van der Waals surface area (Å²) in [6.07, 6.45) is -0.512. The second kappa shape index (κ2) is 9.94. The van der Waals surface area contributed by atoms with Gasteiger partial charge in [0.1, 0.15) is 0 Å². The number of fused-ring (bicyclic) bond motifs is 1. The number of para-hydroxylation sites is 1. The molecular weight excluding hydrogens is 583 g/mol. The van der Waals surface area contributed by atoms with E-state index in [0.717, 1.165) is 22.3 Å². The molecule has 0 spiro atoms. The average Bonchev–Trinajstić information content (AvgIpc) is 3.10. The second-order valence-corrected chi connectivity index (χ2v) is 12.7. The van der Waals surface area contributed by atoms with Crippen molar-refractivity contribution < 1.29 is 22.4 Å². The van der Waals surface area contributed by atoms with Gasteiger partial charge in [0, 0.05) is 39.1 Å². The third kappa shape index (κ3) is 4.70. The molecule has 2 atom stereocenters. The topological polar surface area (TPSA) is 40.5 Å². The number of halogens is 4. The number of hydrogen-bond acceptors (Lipinski definition) is 3. The maximum atomic E-state index is 15.8. The monoisotopic (exact) mass is 607 g/mol. The Morgan fingerprint density at radius 1 is 1.11 bits per heavy atom. The summed E-state index contributed by atoms with van der Waals surface area (Å²) in [6.45, 7) is 6.61. The molecule has 0 saturated carbocycles. The maximum absolute atomic E-state index is 15.8. The van der Waals surface area contributed by atoms with Crippen LogP contribution in [0.1, 0.15) is 46.0 Å². The number of aryl methyl sites for hydroxylation is 2. The van der Waals surface area contributed by atoms with Crippen molar-refractivity contribution in [3.63, 3.8) is 0 Å². The van der Waals surface area contributed by atoms with Crippen molar-refractivity contribution in [1.82, 2.24) is 4.57 Å². The third-order valence-electron chi connectivity index (χ3n) is 7.03. The zero-order valence-electron chi connectivity index (χ0n) is 20.6. The molecule has 0 N–H and O–H groups in total. The van der Waals surface area contributed by atoms with Gasteiger partial charge >= 0.3 is 13.3 Å². The third-order valence-corrected chi connectivity index (χ3v) is 9.90. The Balaban J connectivity index is 1.45. The van der Waals surface area contributed by atoms with Crippen LogP contribution in [0.15, 0.2) is 65.1 Å². The molecule has 0 radical (unpaired) electrons. The number of benzene rings is 3. The van der Waals surface area contributed by atoms with Crippen LogP contribution in [0.3, 0.4) is 0 Å². The van der Waals surface area contributed by atoms with E-state index >= 15 is 8.78 Å². The molecule has 3 aromatic carbocycles. The molecule has 0 amide bonds. The van der Waals surface area contributed by atoms with Gasteiger partial charge in [-0.25, -0.2) is 0 Å². The lowest BCUT2D eigenvalue weighted by Gasteiger charge is -2.34. The van der Waals surface area contributed by atoms with Crippen LogP contribution in [0.2, 0.25) is 5.02 Å². The van der Waals surface area contributed by atoms with Crippen molar-refractivity contribution in [3.8, 4) is 0 Å². The summed E-state index contributed by atoms with van der Waals surface area (Å²) in [5, 5.41) is 1.63. The van der Waals surface area contributed by atoms with Crippen LogP contribution in [0, 0.1) is 20.8 Å². The maximum Gasteiger partial charge on any atom is 0.405 e. The lowest BCUT2D eigenvalue weighted by molar-refractivity contribution is -0.00555. The van der Waals surface area contributed by atoms with Gasteiger partial charge in [-0.05, 0) is 61.2 Å². The Hall–Kier alpha value is -2.02. The molecule has 4 aromatic rings. The zero-order valence-corrected chi connectivity index (χ0v) is 23.8. The van der Waals surface area contributed by atoms with Gasteiger partial charge in [-0.1, -0.05) is 70.0 Å². The molecule has 2 heterocycles. The summed E-state index contributed by atoms with van der Waals surface area (Å²) in [6, 6.07) is 17.5. The van der Waals surface area contributed by atoms with Crippen molar-refractivity contribution in [2.75, 3.05) is 6.61 Å². The Morgan fingerprint density at radius 2 is 1.86 bits per heavy atom. The summed E-state index contributed by atoms with van der Waals surface area (Å²) in [4.78, 5) is 0. The molecule has 0 bridgehead atoms. The Kier molecular flexibility index (Phi) is 7.14. The van der Waals surface area contributed by atoms with Crippen molar-refractivity contribution in [3.05, 3.63) is 104 Å². The largest absolute Gasteiger partial charge is 0.405 e. The van der Waals surface area contributed by atoms with E-state index in [1.54, 1.807) is 36.4 Å². The second-order valence-electron chi connectivity index (χ2n) is 9.39. The Morgan fingerprint density at radius 3 is 2.59 bits per heavy atom. The first-order valence-corrected chi connectivity index (χ1v) is 14.6. The van der Waals surface area contributed by atoms with Gasteiger partial charge in [0.05, 0.1) is 18.2 Å². The summed E-state index contributed by atoms with van der Waals surface area (Å²) >= 11 is 9.36. The van der Waals surface area contributed by atoms with Gasteiger partial charge in [-0.15, -0.1) is 0 Å². The minimum Gasteiger partial charge on any atom is -0.340 e. The lowest BCUT2D eigenvalue weighted by Crippen LogP contribution is -2.24. The molecule has 1 unspecified atom stereocenters. The van der Waals surface area contributed by atoms with E-state index in [1.165, 1.54) is 17.0 Å². The minimum absolute atomic E-state index is 0.113. The summed E-state index contributed by atoms with van der Waals surface area (Å²) in [5.41, 5.74) is 1.71. The molecular formula is C28H26BrClF2NO3P. The first kappa shape index (κ1) is 26.6. The predicted molar refractivity (Wildman–Crippen MR) is 147 cm³/mol. The quantitative estimate of drug-likeness (QED) is 0.212. The minimum atomic E-state index is -4.84. The summed E-state index contributed by atoms with van der Waals surface area (Å²) < 4.78 is 58.0. The van der Waals surface area contributed by atoms with Crippen LogP contribution < -0.4 is 0 Å². The first-order chi connectivity index (χ1) is 17.5. The first-order valence-electron chi connectivity index (χ1n) is 11.9.